The molecule has 4 heterocycles. The van der Waals surface area contributed by atoms with E-state index in [4.69, 9.17) is 19.8 Å². The molecular weight excluding hydrogens is 515 g/mol. The molecule has 7 nitrogen and oxygen atoms in total. The highest BCUT2D eigenvalue weighted by Crippen LogP contribution is 2.38. The van der Waals surface area contributed by atoms with Crippen LogP contribution >= 0.6 is 9.24 Å². The fourth-order valence-electron chi connectivity index (χ4n) is 5.55. The largest absolute Gasteiger partial charge is 0.491 e. The molecule has 2 aromatic carbocycles. The molecule has 206 valence electrons. The summed E-state index contributed by atoms with van der Waals surface area (Å²) in [5.41, 5.74) is 9.88. The summed E-state index contributed by atoms with van der Waals surface area (Å²) in [5.74, 6) is 3.20. The topological polar surface area (TPSA) is 71.9 Å². The number of nitrogens with zero attached hydrogens (tertiary/aromatic N) is 5. The smallest absolute Gasteiger partial charge is 0.145 e. The molecule has 0 fully saturated rings. The molecule has 1 unspecified atom stereocenters. The lowest BCUT2D eigenvalue weighted by Crippen LogP contribution is -2.33. The number of para-hydroxylation sites is 1. The number of hydrogen-bond acceptors (Lipinski definition) is 5. The standard InChI is InChI=1S/C32H37N6OP/c1-6-22-14-29(40)32(33-16-22)37-13-12-25-24(17-37)31(23-10-11-26-27(15-23)35-21(5)34-26)38(36-25)30-20(4)8-7-9-28(30)39-18-19(2)3/h7-11,14-16,19H,6,12-13,17-18,40H2,1-5H3,(H,34,35). The van der Waals surface area contributed by atoms with Gasteiger partial charge in [-0.1, -0.05) is 39.0 Å². The van der Waals surface area contributed by atoms with Gasteiger partial charge >= 0.3 is 0 Å². The lowest BCUT2D eigenvalue weighted by atomic mass is 10.00. The molecule has 0 radical (unpaired) electrons. The van der Waals surface area contributed by atoms with Crippen molar-refractivity contribution in [1.29, 1.82) is 0 Å². The average molecular weight is 553 g/mol. The van der Waals surface area contributed by atoms with Gasteiger partial charge in [0, 0.05) is 42.1 Å². The zero-order chi connectivity index (χ0) is 28.0. The molecule has 0 spiro atoms. The van der Waals surface area contributed by atoms with Crippen molar-refractivity contribution in [3.05, 3.63) is 76.9 Å². The fraction of sp³-hybridized carbons (Fsp3) is 0.344. The Labute approximate surface area is 238 Å². The van der Waals surface area contributed by atoms with E-state index in [0.717, 1.165) is 87.9 Å². The number of pyridine rings is 1. The van der Waals surface area contributed by atoms with Crippen molar-refractivity contribution in [2.75, 3.05) is 18.1 Å². The molecule has 6 rings (SSSR count). The van der Waals surface area contributed by atoms with Crippen molar-refractivity contribution < 1.29 is 4.74 Å². The van der Waals surface area contributed by atoms with Crippen LogP contribution in [0.15, 0.2) is 48.7 Å². The van der Waals surface area contributed by atoms with E-state index in [1.807, 2.05) is 13.1 Å². The first kappa shape index (κ1) is 26.5. The molecule has 8 heteroatoms. The summed E-state index contributed by atoms with van der Waals surface area (Å²) in [7, 11) is 2.89. The fourth-order valence-corrected chi connectivity index (χ4v) is 6.02. The first-order chi connectivity index (χ1) is 19.3. The molecule has 1 atom stereocenters. The molecule has 3 aromatic heterocycles. The first-order valence-corrected chi connectivity index (χ1v) is 14.7. The van der Waals surface area contributed by atoms with E-state index in [1.165, 1.54) is 11.1 Å². The predicted molar refractivity (Wildman–Crippen MR) is 166 cm³/mol. The van der Waals surface area contributed by atoms with E-state index in [2.05, 4.69) is 94.0 Å². The lowest BCUT2D eigenvalue weighted by Gasteiger charge is -2.29. The van der Waals surface area contributed by atoms with Gasteiger partial charge in [0.05, 0.1) is 29.0 Å². The number of imidazole rings is 1. The van der Waals surface area contributed by atoms with Crippen molar-refractivity contribution in [3.63, 3.8) is 0 Å². The quantitative estimate of drug-likeness (QED) is 0.248. The summed E-state index contributed by atoms with van der Waals surface area (Å²) in [6.07, 6.45) is 3.82. The number of nitrogens with one attached hydrogen (secondary N) is 1. The van der Waals surface area contributed by atoms with Gasteiger partial charge < -0.3 is 14.6 Å². The Balaban J connectivity index is 1.52. The van der Waals surface area contributed by atoms with Crippen molar-refractivity contribution >= 4 is 31.4 Å². The minimum absolute atomic E-state index is 0.422. The van der Waals surface area contributed by atoms with Crippen LogP contribution in [0.2, 0.25) is 0 Å². The van der Waals surface area contributed by atoms with Crippen LogP contribution in [0.5, 0.6) is 5.75 Å². The van der Waals surface area contributed by atoms with E-state index in [1.54, 1.807) is 0 Å². The van der Waals surface area contributed by atoms with Gasteiger partial charge in [-0.05, 0) is 61.6 Å². The molecule has 1 N–H and O–H groups in total. The maximum absolute atomic E-state index is 6.36. The van der Waals surface area contributed by atoms with Gasteiger partial charge in [-0.15, -0.1) is 9.24 Å². The second kappa shape index (κ2) is 10.7. The van der Waals surface area contributed by atoms with Crippen molar-refractivity contribution in [2.24, 2.45) is 5.92 Å². The van der Waals surface area contributed by atoms with E-state index in [-0.39, 0.29) is 0 Å². The number of aromatic amines is 1. The zero-order valence-electron chi connectivity index (χ0n) is 24.0. The Morgan fingerprint density at radius 3 is 2.75 bits per heavy atom. The van der Waals surface area contributed by atoms with Crippen LogP contribution in [0.3, 0.4) is 0 Å². The average Bonchev–Trinajstić information content (AvgIpc) is 3.50. The van der Waals surface area contributed by atoms with Crippen molar-refractivity contribution in [1.82, 2.24) is 24.7 Å². The Kier molecular flexibility index (Phi) is 7.09. The van der Waals surface area contributed by atoms with Crippen molar-refractivity contribution in [2.45, 2.75) is 54.0 Å². The molecule has 1 aliphatic rings. The Morgan fingerprint density at radius 1 is 1.12 bits per heavy atom. The molecule has 5 aromatic rings. The van der Waals surface area contributed by atoms with E-state index in [0.29, 0.717) is 12.5 Å². The Bertz CT molecular complexity index is 1700. The summed E-state index contributed by atoms with van der Waals surface area (Å²) >= 11 is 0. The third-order valence-electron chi connectivity index (χ3n) is 7.55. The molecule has 1 aliphatic heterocycles. The highest BCUT2D eigenvalue weighted by molar-refractivity contribution is 7.28. The van der Waals surface area contributed by atoms with Crippen LogP contribution in [-0.2, 0) is 19.4 Å². The molecule has 40 heavy (non-hydrogen) atoms. The zero-order valence-corrected chi connectivity index (χ0v) is 25.1. The van der Waals surface area contributed by atoms with Gasteiger partial charge in [-0.2, -0.15) is 5.10 Å². The monoisotopic (exact) mass is 552 g/mol. The summed E-state index contributed by atoms with van der Waals surface area (Å²) in [4.78, 5) is 15.3. The highest BCUT2D eigenvalue weighted by atomic mass is 31.0. The molecule has 0 amide bonds. The van der Waals surface area contributed by atoms with Gasteiger partial charge in [0.1, 0.15) is 23.1 Å². The predicted octanol–water partition coefficient (Wildman–Crippen LogP) is 6.09. The maximum Gasteiger partial charge on any atom is 0.145 e. The minimum atomic E-state index is 0.422. The lowest BCUT2D eigenvalue weighted by molar-refractivity contribution is 0.270. The third kappa shape index (κ3) is 4.88. The van der Waals surface area contributed by atoms with Gasteiger partial charge in [-0.25, -0.2) is 14.6 Å². The third-order valence-corrected chi connectivity index (χ3v) is 7.98. The number of anilines is 1. The maximum atomic E-state index is 6.36. The van der Waals surface area contributed by atoms with Gasteiger partial charge in [0.25, 0.3) is 0 Å². The van der Waals surface area contributed by atoms with Gasteiger partial charge in [0.2, 0.25) is 0 Å². The SMILES string of the molecule is CCc1cnc(N2CCc3nn(-c4c(C)cccc4OCC(C)C)c(-c4ccc5[nH]c(C)nc5c4)c3C2)c(P)c1. The van der Waals surface area contributed by atoms with Crippen LogP contribution in [0.4, 0.5) is 5.82 Å². The van der Waals surface area contributed by atoms with E-state index in [9.17, 15) is 0 Å². The van der Waals surface area contributed by atoms with Crippen LogP contribution < -0.4 is 14.9 Å². The number of hydrogen-bond donors (Lipinski definition) is 1. The molecule has 0 bridgehead atoms. The van der Waals surface area contributed by atoms with Crippen LogP contribution in [-0.4, -0.2) is 37.9 Å². The number of aromatic nitrogens is 5. The molecule has 0 aliphatic carbocycles. The second-order valence-electron chi connectivity index (χ2n) is 11.1. The number of benzene rings is 2. The van der Waals surface area contributed by atoms with Crippen molar-refractivity contribution in [3.8, 4) is 22.7 Å². The normalized spacial score (nSPS) is 13.3. The summed E-state index contributed by atoms with van der Waals surface area (Å²) < 4.78 is 8.48. The summed E-state index contributed by atoms with van der Waals surface area (Å²) in [6.45, 7) is 12.9. The van der Waals surface area contributed by atoms with Gasteiger partial charge in [0.15, 0.2) is 0 Å². The first-order valence-electron chi connectivity index (χ1n) is 14.1. The second-order valence-corrected chi connectivity index (χ2v) is 11.8. The van der Waals surface area contributed by atoms with Crippen LogP contribution in [0.1, 0.15) is 49.0 Å². The number of ether oxygens (including phenoxy) is 1. The number of aryl methyl sites for hydroxylation is 3. The number of fused-ring (bicyclic) bond motifs is 2. The Morgan fingerprint density at radius 2 is 1.98 bits per heavy atom. The van der Waals surface area contributed by atoms with E-state index >= 15 is 0 Å². The molecule has 0 saturated carbocycles. The highest BCUT2D eigenvalue weighted by Gasteiger charge is 2.29. The van der Waals surface area contributed by atoms with Crippen LogP contribution in [0.25, 0.3) is 28.0 Å². The molecule has 0 saturated heterocycles. The Hall–Kier alpha value is -3.70. The number of H-pyrrole nitrogens is 1. The summed E-state index contributed by atoms with van der Waals surface area (Å²) in [6, 6.07) is 14.9. The van der Waals surface area contributed by atoms with Gasteiger partial charge in [-0.3, -0.25) is 0 Å². The molecular formula is C32H37N6OP. The minimum Gasteiger partial charge on any atom is -0.491 e. The summed E-state index contributed by atoms with van der Waals surface area (Å²) in [5, 5.41) is 6.40. The number of rotatable bonds is 7. The van der Waals surface area contributed by atoms with Crippen LogP contribution in [0, 0.1) is 19.8 Å². The van der Waals surface area contributed by atoms with E-state index < -0.39 is 0 Å².